The van der Waals surface area contributed by atoms with Gasteiger partial charge >= 0.3 is 23.3 Å². The van der Waals surface area contributed by atoms with Crippen LogP contribution >= 0.6 is 0 Å². The van der Waals surface area contributed by atoms with Crippen LogP contribution < -0.4 is 10.9 Å². The Hall–Kier alpha value is -0.800. The molecule has 130 valence electrons. The quantitative estimate of drug-likeness (QED) is 0.625. The number of nitrogens with one attached hydrogen (secondary N) is 1. The summed E-state index contributed by atoms with van der Waals surface area (Å²) >= 11 is 0. The summed E-state index contributed by atoms with van der Waals surface area (Å²) in [6.45, 7) is -2.47. The van der Waals surface area contributed by atoms with Crippen molar-refractivity contribution in [3.05, 3.63) is 0 Å². The molecule has 0 aliphatic heterocycles. The van der Waals surface area contributed by atoms with Crippen LogP contribution in [0, 0.1) is 0 Å². The van der Waals surface area contributed by atoms with Crippen LogP contribution in [-0.2, 0) is 10.0 Å². The number of alkyl halides is 9. The van der Waals surface area contributed by atoms with Crippen LogP contribution in [0.15, 0.2) is 0 Å². The predicted molar refractivity (Wildman–Crippen MR) is 49.9 cm³/mol. The first-order valence-corrected chi connectivity index (χ1v) is 5.85. The third-order valence-electron chi connectivity index (χ3n) is 1.86. The fourth-order valence-electron chi connectivity index (χ4n) is 0.800. The van der Waals surface area contributed by atoms with E-state index in [2.05, 4.69) is 0 Å². The molecule has 0 saturated carbocycles. The minimum absolute atomic E-state index is 0. The average Bonchev–Trinajstić information content (AvgIpc) is 2.24. The van der Waals surface area contributed by atoms with Crippen LogP contribution in [0.2, 0.25) is 0 Å². The lowest BCUT2D eigenvalue weighted by molar-refractivity contribution is -0.382. The first-order valence-electron chi connectivity index (χ1n) is 4.36. The summed E-state index contributed by atoms with van der Waals surface area (Å²) in [4.78, 5) is 0. The summed E-state index contributed by atoms with van der Waals surface area (Å²) in [5, 5.41) is 1.33. The zero-order chi connectivity index (χ0) is 16.6. The predicted octanol–water partition coefficient (Wildman–Crippen LogP) is 1.49. The van der Waals surface area contributed by atoms with Gasteiger partial charge in [-0.2, -0.15) is 39.5 Å². The third kappa shape index (κ3) is 3.51. The van der Waals surface area contributed by atoms with Crippen molar-refractivity contribution in [2.24, 2.45) is 0 Å². The first kappa shape index (κ1) is 22.5. The highest BCUT2D eigenvalue weighted by atomic mass is 32.2. The lowest BCUT2D eigenvalue weighted by atomic mass is 10.1. The molecule has 0 aliphatic rings. The molecule has 5 nitrogen and oxygen atoms in total. The standard InChI is InChI=1S/C6H6F9NO3S.H3N/c7-3(8,5(11,12)13)4(9,10)6(14,15)20(18,19)16-1-2-17;/h16-17H,1-2H2;1H3. The third-order valence-corrected chi connectivity index (χ3v) is 3.37. The Labute approximate surface area is 111 Å². The highest BCUT2D eigenvalue weighted by Crippen LogP contribution is 2.54. The number of halogens is 9. The smallest absolute Gasteiger partial charge is 0.395 e. The monoisotopic (exact) mass is 360 g/mol. The van der Waals surface area contributed by atoms with Gasteiger partial charge in [0.25, 0.3) is 10.0 Å². The second-order valence-corrected chi connectivity index (χ2v) is 5.09. The topological polar surface area (TPSA) is 101 Å². The number of aliphatic hydroxyl groups is 1. The summed E-state index contributed by atoms with van der Waals surface area (Å²) in [6.07, 6.45) is -7.10. The normalized spacial score (nSPS) is 14.8. The number of rotatable bonds is 6. The second-order valence-electron chi connectivity index (χ2n) is 3.28. The van der Waals surface area contributed by atoms with Crippen molar-refractivity contribution in [2.45, 2.75) is 23.3 Å². The molecule has 21 heavy (non-hydrogen) atoms. The molecule has 0 aliphatic carbocycles. The summed E-state index contributed by atoms with van der Waals surface area (Å²) < 4.78 is 133. The van der Waals surface area contributed by atoms with E-state index in [9.17, 15) is 47.9 Å². The van der Waals surface area contributed by atoms with Crippen LogP contribution in [0.25, 0.3) is 0 Å². The SMILES string of the molecule is N.O=S(=O)(NCCO)C(F)(F)C(F)(F)C(F)(F)C(F)(F)F. The summed E-state index contributed by atoms with van der Waals surface area (Å²) in [5.74, 6) is -14.6. The molecule has 0 spiro atoms. The maximum atomic E-state index is 12.9. The Morgan fingerprint density at radius 3 is 1.52 bits per heavy atom. The molecular formula is C6H9F9N2O3S. The molecule has 0 rings (SSSR count). The molecule has 0 aromatic rings. The van der Waals surface area contributed by atoms with Gasteiger partial charge in [-0.15, -0.1) is 0 Å². The van der Waals surface area contributed by atoms with Crippen molar-refractivity contribution in [3.8, 4) is 0 Å². The fourth-order valence-corrected chi connectivity index (χ4v) is 1.81. The zero-order valence-corrected chi connectivity index (χ0v) is 10.5. The molecule has 0 bridgehead atoms. The van der Waals surface area contributed by atoms with Gasteiger partial charge in [-0.3, -0.25) is 0 Å². The van der Waals surface area contributed by atoms with Gasteiger partial charge in [0.05, 0.1) is 6.61 Å². The number of aliphatic hydroxyl groups excluding tert-OH is 1. The van der Waals surface area contributed by atoms with E-state index < -0.39 is 46.5 Å². The number of sulfonamides is 1. The molecule has 0 amide bonds. The van der Waals surface area contributed by atoms with Crippen molar-refractivity contribution in [3.63, 3.8) is 0 Å². The second kappa shape index (κ2) is 6.13. The molecule has 0 aromatic carbocycles. The summed E-state index contributed by atoms with van der Waals surface area (Å²) in [6, 6.07) is 0. The van der Waals surface area contributed by atoms with Gasteiger partial charge in [0.1, 0.15) is 0 Å². The molecule has 0 unspecified atom stereocenters. The Morgan fingerprint density at radius 1 is 0.857 bits per heavy atom. The van der Waals surface area contributed by atoms with E-state index in [1.807, 2.05) is 0 Å². The number of hydrogen-bond acceptors (Lipinski definition) is 4. The molecule has 5 N–H and O–H groups in total. The van der Waals surface area contributed by atoms with E-state index in [0.29, 0.717) is 4.72 Å². The van der Waals surface area contributed by atoms with Gasteiger partial charge in [-0.1, -0.05) is 0 Å². The van der Waals surface area contributed by atoms with E-state index in [1.54, 1.807) is 0 Å². The first-order chi connectivity index (χ1) is 8.56. The van der Waals surface area contributed by atoms with Gasteiger partial charge in [0, 0.05) is 6.54 Å². The van der Waals surface area contributed by atoms with E-state index in [4.69, 9.17) is 5.11 Å². The van der Waals surface area contributed by atoms with E-state index in [0.717, 1.165) is 0 Å². The number of hydrogen-bond donors (Lipinski definition) is 3. The summed E-state index contributed by atoms with van der Waals surface area (Å²) in [7, 11) is -6.60. The van der Waals surface area contributed by atoms with Gasteiger partial charge in [0.2, 0.25) is 0 Å². The van der Waals surface area contributed by atoms with Crippen LogP contribution in [-0.4, -0.2) is 50.0 Å². The maximum Gasteiger partial charge on any atom is 0.460 e. The highest BCUT2D eigenvalue weighted by Gasteiger charge is 2.85. The van der Waals surface area contributed by atoms with Gasteiger partial charge < -0.3 is 11.3 Å². The average molecular weight is 360 g/mol. The maximum absolute atomic E-state index is 12.9. The van der Waals surface area contributed by atoms with Gasteiger partial charge in [0.15, 0.2) is 0 Å². The Kier molecular flexibility index (Phi) is 6.57. The van der Waals surface area contributed by atoms with Crippen LogP contribution in [0.4, 0.5) is 39.5 Å². The van der Waals surface area contributed by atoms with E-state index in [1.165, 1.54) is 0 Å². The van der Waals surface area contributed by atoms with Crippen molar-refractivity contribution in [1.82, 2.24) is 10.9 Å². The minimum atomic E-state index is -7.29. The van der Waals surface area contributed by atoms with Crippen LogP contribution in [0.3, 0.4) is 0 Å². The van der Waals surface area contributed by atoms with Crippen LogP contribution in [0.5, 0.6) is 0 Å². The Balaban J connectivity index is 0. The van der Waals surface area contributed by atoms with E-state index in [-0.39, 0.29) is 6.15 Å². The molecular weight excluding hydrogens is 351 g/mol. The molecule has 0 saturated heterocycles. The zero-order valence-electron chi connectivity index (χ0n) is 9.69. The van der Waals surface area contributed by atoms with Crippen molar-refractivity contribution < 1.29 is 53.0 Å². The minimum Gasteiger partial charge on any atom is -0.395 e. The highest BCUT2D eigenvalue weighted by molar-refractivity contribution is 7.90. The van der Waals surface area contributed by atoms with Crippen LogP contribution in [0.1, 0.15) is 0 Å². The molecule has 15 heteroatoms. The van der Waals surface area contributed by atoms with E-state index >= 15 is 0 Å². The molecule has 0 aromatic heterocycles. The van der Waals surface area contributed by atoms with Gasteiger partial charge in [-0.05, 0) is 0 Å². The summed E-state index contributed by atoms with van der Waals surface area (Å²) in [5.41, 5.74) is 0. The lowest BCUT2D eigenvalue weighted by Gasteiger charge is -2.32. The van der Waals surface area contributed by atoms with Crippen molar-refractivity contribution >= 4 is 10.0 Å². The fraction of sp³-hybridized carbons (Fsp3) is 1.00. The molecule has 0 atom stereocenters. The van der Waals surface area contributed by atoms with Gasteiger partial charge in [-0.25, -0.2) is 13.1 Å². The molecule has 0 radical (unpaired) electrons. The molecule has 0 heterocycles. The van der Waals surface area contributed by atoms with Crippen molar-refractivity contribution in [2.75, 3.05) is 13.2 Å². The lowest BCUT2D eigenvalue weighted by Crippen LogP contribution is -2.65. The Bertz CT molecular complexity index is 447. The Morgan fingerprint density at radius 2 is 1.24 bits per heavy atom. The molecule has 0 fully saturated rings. The largest absolute Gasteiger partial charge is 0.460 e. The van der Waals surface area contributed by atoms with Crippen molar-refractivity contribution in [1.29, 1.82) is 0 Å².